The molecule has 1 aromatic heterocycles. The van der Waals surface area contributed by atoms with Gasteiger partial charge in [0.2, 0.25) is 11.9 Å². The van der Waals surface area contributed by atoms with Crippen LogP contribution in [0.5, 0.6) is 0 Å². The van der Waals surface area contributed by atoms with Crippen LogP contribution in [0.2, 0.25) is 0 Å². The number of amides is 1. The van der Waals surface area contributed by atoms with Crippen molar-refractivity contribution in [2.45, 2.75) is 49.1 Å². The van der Waals surface area contributed by atoms with Crippen molar-refractivity contribution in [1.82, 2.24) is 14.8 Å². The molecule has 1 N–H and O–H groups in total. The number of carbonyl (C=O) groups excluding carboxylic acids is 1. The number of rotatable bonds is 6. The van der Waals surface area contributed by atoms with E-state index >= 15 is 0 Å². The normalized spacial score (nSPS) is 17.6. The molecule has 7 nitrogen and oxygen atoms in total. The van der Waals surface area contributed by atoms with E-state index in [2.05, 4.69) is 31.1 Å². The van der Waals surface area contributed by atoms with Crippen LogP contribution >= 0.6 is 11.8 Å². The van der Waals surface area contributed by atoms with Crippen molar-refractivity contribution < 1.29 is 4.79 Å². The first-order chi connectivity index (χ1) is 13.2. The summed E-state index contributed by atoms with van der Waals surface area (Å²) in [6.45, 7) is 3.91. The van der Waals surface area contributed by atoms with Gasteiger partial charge in [0.15, 0.2) is 5.16 Å². The maximum atomic E-state index is 12.6. The Hall–Kier alpha value is -2.53. The minimum absolute atomic E-state index is 0.143. The van der Waals surface area contributed by atoms with E-state index in [4.69, 9.17) is 0 Å². The van der Waals surface area contributed by atoms with Gasteiger partial charge in [-0.05, 0) is 44.7 Å². The Balaban J connectivity index is 1.48. The average Bonchev–Trinajstić information content (AvgIpc) is 3.20. The molecule has 1 aliphatic carbocycles. The van der Waals surface area contributed by atoms with E-state index in [1.54, 1.807) is 24.3 Å². The highest BCUT2D eigenvalue weighted by Gasteiger charge is 2.33. The van der Waals surface area contributed by atoms with Crippen molar-refractivity contribution >= 4 is 29.3 Å². The van der Waals surface area contributed by atoms with Crippen LogP contribution in [0.4, 0.5) is 11.6 Å². The number of benzene rings is 1. The summed E-state index contributed by atoms with van der Waals surface area (Å²) < 4.78 is 2.21. The molecule has 2 heterocycles. The zero-order valence-electron chi connectivity index (χ0n) is 15.3. The second-order valence-electron chi connectivity index (χ2n) is 6.98. The molecule has 1 saturated carbocycles. The number of hydrogen-bond acceptors (Lipinski definition) is 6. The molecule has 2 aliphatic rings. The largest absolute Gasteiger partial charge is 0.341 e. The van der Waals surface area contributed by atoms with Crippen LogP contribution in [-0.4, -0.2) is 39.0 Å². The van der Waals surface area contributed by atoms with Gasteiger partial charge >= 0.3 is 0 Å². The van der Waals surface area contributed by atoms with Crippen molar-refractivity contribution in [3.05, 3.63) is 29.8 Å². The van der Waals surface area contributed by atoms with Crippen molar-refractivity contribution in [2.75, 3.05) is 23.3 Å². The first-order valence-electron chi connectivity index (χ1n) is 9.34. The monoisotopic (exact) mass is 382 g/mol. The number of nitriles is 1. The Bertz CT molecular complexity index is 879. The summed E-state index contributed by atoms with van der Waals surface area (Å²) in [6.07, 6.45) is 4.67. The zero-order valence-corrected chi connectivity index (χ0v) is 16.1. The van der Waals surface area contributed by atoms with Crippen LogP contribution in [0.3, 0.4) is 0 Å². The number of nitrogens with one attached hydrogen (secondary N) is 1. The molecule has 1 aliphatic heterocycles. The summed E-state index contributed by atoms with van der Waals surface area (Å²) in [7, 11) is 0. The van der Waals surface area contributed by atoms with E-state index < -0.39 is 0 Å². The summed E-state index contributed by atoms with van der Waals surface area (Å²) in [4.78, 5) is 14.9. The lowest BCUT2D eigenvalue weighted by atomic mass is 10.2. The summed E-state index contributed by atoms with van der Waals surface area (Å²) >= 11 is 1.43. The first kappa shape index (κ1) is 17.9. The zero-order chi connectivity index (χ0) is 18.8. The van der Waals surface area contributed by atoms with Crippen molar-refractivity contribution in [1.29, 1.82) is 5.26 Å². The predicted octanol–water partition coefficient (Wildman–Crippen LogP) is 3.20. The molecule has 27 heavy (non-hydrogen) atoms. The second-order valence-corrected chi connectivity index (χ2v) is 8.29. The predicted molar refractivity (Wildman–Crippen MR) is 105 cm³/mol. The molecule has 2 fully saturated rings. The standard InChI is InChI=1S/C19H22N6OS/c1-13(17(26)21-16-7-3-2-6-14(16)12-20)27-19-23-22-18(24-10-4-5-11-24)25(19)15-8-9-15/h2-3,6-7,13,15H,4-5,8-11H2,1H3,(H,21,26). The molecule has 140 valence electrons. The van der Waals surface area contributed by atoms with Crippen LogP contribution < -0.4 is 10.2 Å². The Morgan fingerprint density at radius 3 is 2.74 bits per heavy atom. The Labute approximate surface area is 162 Å². The lowest BCUT2D eigenvalue weighted by molar-refractivity contribution is -0.115. The van der Waals surface area contributed by atoms with E-state index in [-0.39, 0.29) is 11.2 Å². The molecule has 1 atom stereocenters. The van der Waals surface area contributed by atoms with Gasteiger partial charge in [0, 0.05) is 19.1 Å². The number of carbonyl (C=O) groups is 1. The van der Waals surface area contributed by atoms with Gasteiger partial charge < -0.3 is 10.2 Å². The molecule has 0 bridgehead atoms. The third-order valence-corrected chi connectivity index (χ3v) is 5.96. The quantitative estimate of drug-likeness (QED) is 0.772. The van der Waals surface area contributed by atoms with Gasteiger partial charge in [0.05, 0.1) is 16.5 Å². The van der Waals surface area contributed by atoms with Crippen LogP contribution in [0.25, 0.3) is 0 Å². The minimum atomic E-state index is -0.343. The van der Waals surface area contributed by atoms with E-state index in [1.807, 2.05) is 6.92 Å². The van der Waals surface area contributed by atoms with Gasteiger partial charge in [-0.1, -0.05) is 23.9 Å². The topological polar surface area (TPSA) is 86.8 Å². The highest BCUT2D eigenvalue weighted by molar-refractivity contribution is 8.00. The van der Waals surface area contributed by atoms with Crippen LogP contribution in [0.1, 0.15) is 44.2 Å². The Morgan fingerprint density at radius 2 is 2.04 bits per heavy atom. The molecule has 4 rings (SSSR count). The lowest BCUT2D eigenvalue weighted by Crippen LogP contribution is -2.24. The van der Waals surface area contributed by atoms with Crippen molar-refractivity contribution in [3.63, 3.8) is 0 Å². The van der Waals surface area contributed by atoms with E-state index in [0.717, 1.165) is 37.0 Å². The third kappa shape index (κ3) is 3.78. The van der Waals surface area contributed by atoms with Gasteiger partial charge in [-0.3, -0.25) is 9.36 Å². The average molecular weight is 382 g/mol. The number of aromatic nitrogens is 3. The number of para-hydroxylation sites is 1. The van der Waals surface area contributed by atoms with Gasteiger partial charge in [0.1, 0.15) is 6.07 Å². The SMILES string of the molecule is CC(Sc1nnc(N2CCCC2)n1C1CC1)C(=O)Nc1ccccc1C#N. The maximum Gasteiger partial charge on any atom is 0.237 e. The fraction of sp³-hybridized carbons (Fsp3) is 0.474. The molecule has 8 heteroatoms. The fourth-order valence-corrected chi connectivity index (χ4v) is 4.18. The highest BCUT2D eigenvalue weighted by atomic mass is 32.2. The van der Waals surface area contributed by atoms with Crippen molar-refractivity contribution in [3.8, 4) is 6.07 Å². The summed E-state index contributed by atoms with van der Waals surface area (Å²) in [5.41, 5.74) is 0.999. The van der Waals surface area contributed by atoms with E-state index in [9.17, 15) is 10.1 Å². The molecule has 0 spiro atoms. The number of nitrogens with zero attached hydrogens (tertiary/aromatic N) is 5. The summed E-state index contributed by atoms with van der Waals surface area (Å²) in [5, 5.41) is 21.3. The van der Waals surface area contributed by atoms with Crippen LogP contribution in [0, 0.1) is 11.3 Å². The Kier molecular flexibility index (Phi) is 5.03. The van der Waals surface area contributed by atoms with Crippen LogP contribution in [0.15, 0.2) is 29.4 Å². The molecule has 1 amide bonds. The molecule has 0 radical (unpaired) electrons. The first-order valence-corrected chi connectivity index (χ1v) is 10.2. The smallest absolute Gasteiger partial charge is 0.237 e. The molecular formula is C19H22N6OS. The van der Waals surface area contributed by atoms with Crippen molar-refractivity contribution in [2.24, 2.45) is 0 Å². The molecule has 1 saturated heterocycles. The summed E-state index contributed by atoms with van der Waals surface area (Å²) in [5.74, 6) is 0.802. The Morgan fingerprint density at radius 1 is 1.30 bits per heavy atom. The number of anilines is 2. The summed E-state index contributed by atoms with van der Waals surface area (Å²) in [6, 6.07) is 9.58. The van der Waals surface area contributed by atoms with Gasteiger partial charge in [0.25, 0.3) is 0 Å². The van der Waals surface area contributed by atoms with E-state index in [0.29, 0.717) is 17.3 Å². The number of hydrogen-bond donors (Lipinski definition) is 1. The van der Waals surface area contributed by atoms with Crippen LogP contribution in [-0.2, 0) is 4.79 Å². The second kappa shape index (κ2) is 7.61. The van der Waals surface area contributed by atoms with Gasteiger partial charge in [-0.2, -0.15) is 5.26 Å². The van der Waals surface area contributed by atoms with Gasteiger partial charge in [-0.25, -0.2) is 0 Å². The maximum absolute atomic E-state index is 12.6. The van der Waals surface area contributed by atoms with Gasteiger partial charge in [-0.15, -0.1) is 10.2 Å². The molecule has 1 unspecified atom stereocenters. The highest BCUT2D eigenvalue weighted by Crippen LogP contribution is 2.42. The van der Waals surface area contributed by atoms with E-state index in [1.165, 1.54) is 24.6 Å². The molecule has 1 aromatic carbocycles. The third-order valence-electron chi connectivity index (χ3n) is 4.90. The number of thioether (sulfide) groups is 1. The molecular weight excluding hydrogens is 360 g/mol. The fourth-order valence-electron chi connectivity index (χ4n) is 3.27. The molecule has 2 aromatic rings. The lowest BCUT2D eigenvalue weighted by Gasteiger charge is -2.18. The minimum Gasteiger partial charge on any atom is -0.341 e.